The Morgan fingerprint density at radius 2 is 1.76 bits per heavy atom. The van der Waals surface area contributed by atoms with Crippen molar-refractivity contribution in [2.24, 2.45) is 5.73 Å². The lowest BCUT2D eigenvalue weighted by molar-refractivity contribution is 0.530. The van der Waals surface area contributed by atoms with E-state index in [0.717, 1.165) is 0 Å². The van der Waals surface area contributed by atoms with E-state index in [4.69, 9.17) is 0 Å². The zero-order valence-corrected chi connectivity index (χ0v) is 13.8. The molecule has 1 aliphatic rings. The minimum atomic E-state index is 0.159. The summed E-state index contributed by atoms with van der Waals surface area (Å²) in [5, 5.41) is 0. The van der Waals surface area contributed by atoms with Gasteiger partial charge in [-0.05, 0) is 50.4 Å². The Bertz CT molecular complexity index is 517. The predicted molar refractivity (Wildman–Crippen MR) is 94.7 cm³/mol. The summed E-state index contributed by atoms with van der Waals surface area (Å²) in [6.45, 7) is 12.3. The molecule has 0 atom stereocenters. The van der Waals surface area contributed by atoms with Crippen LogP contribution in [-0.2, 0) is 5.41 Å². The lowest BCUT2D eigenvalue weighted by Gasteiger charge is -2.33. The lowest BCUT2D eigenvalue weighted by atomic mass is 9.70. The Morgan fingerprint density at radius 3 is 2.29 bits per heavy atom. The molecular formula is C20H29N. The highest BCUT2D eigenvalue weighted by Crippen LogP contribution is 2.48. The van der Waals surface area contributed by atoms with Gasteiger partial charge in [0.2, 0.25) is 0 Å². The molecule has 1 aromatic carbocycles. The summed E-state index contributed by atoms with van der Waals surface area (Å²) >= 11 is 0. The summed E-state index contributed by atoms with van der Waals surface area (Å²) in [5.74, 6) is 0. The third-order valence-corrected chi connectivity index (χ3v) is 4.44. The van der Waals surface area contributed by atoms with Crippen molar-refractivity contribution in [3.63, 3.8) is 0 Å². The molecule has 0 aromatic heterocycles. The Hall–Kier alpha value is -1.60. The zero-order valence-electron chi connectivity index (χ0n) is 13.8. The minimum absolute atomic E-state index is 0.159. The van der Waals surface area contributed by atoms with Crippen LogP contribution >= 0.6 is 0 Å². The smallest absolute Gasteiger partial charge is 0.0205 e. The second-order valence-electron chi connectivity index (χ2n) is 5.67. The van der Waals surface area contributed by atoms with Crippen LogP contribution in [0.2, 0.25) is 0 Å². The van der Waals surface area contributed by atoms with Crippen LogP contribution in [-0.4, -0.2) is 7.05 Å². The fraction of sp³-hybridized carbons (Fsp3) is 0.400. The molecule has 1 fully saturated rings. The first-order chi connectivity index (χ1) is 10.1. The number of benzene rings is 1. The molecule has 1 aliphatic carbocycles. The average molecular weight is 283 g/mol. The first-order valence-corrected chi connectivity index (χ1v) is 7.75. The van der Waals surface area contributed by atoms with Crippen molar-refractivity contribution < 1.29 is 0 Å². The van der Waals surface area contributed by atoms with Crippen LogP contribution < -0.4 is 5.73 Å². The van der Waals surface area contributed by atoms with Gasteiger partial charge in [0.25, 0.3) is 0 Å². The number of rotatable bonds is 4. The third-order valence-electron chi connectivity index (χ3n) is 4.44. The average Bonchev–Trinajstić information content (AvgIpc) is 2.99. The molecule has 1 nitrogen and oxygen atoms in total. The summed E-state index contributed by atoms with van der Waals surface area (Å²) in [5.41, 5.74) is 10.2. The fourth-order valence-electron chi connectivity index (χ4n) is 3.49. The van der Waals surface area contributed by atoms with E-state index in [1.54, 1.807) is 0 Å². The molecule has 0 saturated heterocycles. The van der Waals surface area contributed by atoms with Crippen LogP contribution in [0.4, 0.5) is 0 Å². The van der Waals surface area contributed by atoms with Crippen molar-refractivity contribution in [3.05, 3.63) is 71.8 Å². The summed E-state index contributed by atoms with van der Waals surface area (Å²) < 4.78 is 0. The normalized spacial score (nSPS) is 16.9. The fourth-order valence-corrected chi connectivity index (χ4v) is 3.49. The van der Waals surface area contributed by atoms with E-state index in [9.17, 15) is 0 Å². The molecule has 1 heteroatoms. The number of hydrogen-bond donors (Lipinski definition) is 1. The van der Waals surface area contributed by atoms with Gasteiger partial charge in [0, 0.05) is 5.41 Å². The molecule has 21 heavy (non-hydrogen) atoms. The molecule has 114 valence electrons. The van der Waals surface area contributed by atoms with E-state index in [1.807, 2.05) is 12.2 Å². The molecule has 0 aliphatic heterocycles. The standard InChI is InChI=1S/C19H24.CH5N/c1-5-9-17(6-2)19(12-7-8-13-19)18-14-15(3)10-11-16(18)4;1-2/h5-6,9-11,14H,1-2,7-8,12-13H2,3-4H3;2H2,1H3/b17-9+;. The van der Waals surface area contributed by atoms with Crippen LogP contribution in [0.5, 0.6) is 0 Å². The highest BCUT2D eigenvalue weighted by molar-refractivity contribution is 5.48. The van der Waals surface area contributed by atoms with Crippen molar-refractivity contribution in [1.82, 2.24) is 0 Å². The van der Waals surface area contributed by atoms with Gasteiger partial charge in [0.05, 0.1) is 0 Å². The van der Waals surface area contributed by atoms with E-state index in [2.05, 4.69) is 57.0 Å². The van der Waals surface area contributed by atoms with Crippen LogP contribution in [0.25, 0.3) is 0 Å². The first-order valence-electron chi connectivity index (χ1n) is 7.75. The van der Waals surface area contributed by atoms with Gasteiger partial charge in [-0.25, -0.2) is 0 Å². The van der Waals surface area contributed by atoms with Crippen molar-refractivity contribution >= 4 is 0 Å². The molecule has 2 N–H and O–H groups in total. The van der Waals surface area contributed by atoms with Crippen LogP contribution in [0, 0.1) is 13.8 Å². The van der Waals surface area contributed by atoms with Crippen LogP contribution in [0.3, 0.4) is 0 Å². The number of nitrogens with two attached hydrogens (primary N) is 1. The van der Waals surface area contributed by atoms with Gasteiger partial charge in [0.15, 0.2) is 0 Å². The van der Waals surface area contributed by atoms with E-state index >= 15 is 0 Å². The highest BCUT2D eigenvalue weighted by Gasteiger charge is 2.38. The summed E-state index contributed by atoms with van der Waals surface area (Å²) in [4.78, 5) is 0. The first kappa shape index (κ1) is 17.5. The molecular weight excluding hydrogens is 254 g/mol. The molecule has 0 heterocycles. The Kier molecular flexibility index (Phi) is 6.64. The molecule has 0 unspecified atom stereocenters. The van der Waals surface area contributed by atoms with Crippen LogP contribution in [0.15, 0.2) is 55.2 Å². The quantitative estimate of drug-likeness (QED) is 0.774. The molecule has 1 saturated carbocycles. The van der Waals surface area contributed by atoms with Crippen molar-refractivity contribution in [1.29, 1.82) is 0 Å². The van der Waals surface area contributed by atoms with E-state index < -0.39 is 0 Å². The van der Waals surface area contributed by atoms with Gasteiger partial charge >= 0.3 is 0 Å². The van der Waals surface area contributed by atoms with Gasteiger partial charge in [-0.3, -0.25) is 0 Å². The van der Waals surface area contributed by atoms with E-state index in [-0.39, 0.29) is 5.41 Å². The second kappa shape index (κ2) is 7.99. The van der Waals surface area contributed by atoms with Gasteiger partial charge in [-0.1, -0.05) is 68.0 Å². The maximum absolute atomic E-state index is 4.50. The van der Waals surface area contributed by atoms with Crippen molar-refractivity contribution in [2.75, 3.05) is 7.05 Å². The number of aryl methyl sites for hydroxylation is 2. The Morgan fingerprint density at radius 1 is 1.14 bits per heavy atom. The highest BCUT2D eigenvalue weighted by atomic mass is 14.4. The summed E-state index contributed by atoms with van der Waals surface area (Å²) in [6.07, 6.45) is 11.1. The maximum Gasteiger partial charge on any atom is 0.0205 e. The summed E-state index contributed by atoms with van der Waals surface area (Å²) in [6, 6.07) is 6.81. The SMILES string of the molecule is C=C/C=C(\C=C)C1(c2cc(C)ccc2C)CCCC1.CN. The maximum atomic E-state index is 4.50. The molecule has 2 rings (SSSR count). The topological polar surface area (TPSA) is 26.0 Å². The van der Waals surface area contributed by atoms with Gasteiger partial charge < -0.3 is 5.73 Å². The summed E-state index contributed by atoms with van der Waals surface area (Å²) in [7, 11) is 1.50. The number of allylic oxidation sites excluding steroid dienone is 4. The molecule has 0 spiro atoms. The Balaban J connectivity index is 0.00000106. The van der Waals surface area contributed by atoms with E-state index in [0.29, 0.717) is 0 Å². The van der Waals surface area contributed by atoms with Crippen molar-refractivity contribution in [3.8, 4) is 0 Å². The zero-order chi connectivity index (χ0) is 15.9. The van der Waals surface area contributed by atoms with Crippen LogP contribution in [0.1, 0.15) is 42.4 Å². The van der Waals surface area contributed by atoms with Crippen molar-refractivity contribution in [2.45, 2.75) is 44.9 Å². The monoisotopic (exact) mass is 283 g/mol. The van der Waals surface area contributed by atoms with Gasteiger partial charge in [-0.2, -0.15) is 0 Å². The van der Waals surface area contributed by atoms with Gasteiger partial charge in [0.1, 0.15) is 0 Å². The molecule has 0 radical (unpaired) electrons. The second-order valence-corrected chi connectivity index (χ2v) is 5.67. The molecule has 0 amide bonds. The Labute approximate surface area is 130 Å². The largest absolute Gasteiger partial charge is 0.333 e. The number of hydrogen-bond acceptors (Lipinski definition) is 1. The minimum Gasteiger partial charge on any atom is -0.333 e. The lowest BCUT2D eigenvalue weighted by Crippen LogP contribution is -2.25. The van der Waals surface area contributed by atoms with E-state index in [1.165, 1.54) is 55.0 Å². The predicted octanol–water partition coefficient (Wildman–Crippen LogP) is 4.99. The molecule has 1 aromatic rings. The van der Waals surface area contributed by atoms with Gasteiger partial charge in [-0.15, -0.1) is 0 Å². The third kappa shape index (κ3) is 3.54. The molecule has 0 bridgehead atoms.